The molecule has 3 heteroatoms. The molecule has 1 aromatic carbocycles. The van der Waals surface area contributed by atoms with Crippen molar-refractivity contribution in [3.8, 4) is 0 Å². The highest BCUT2D eigenvalue weighted by Gasteiger charge is 2.16. The van der Waals surface area contributed by atoms with Crippen molar-refractivity contribution in [2.75, 3.05) is 25.0 Å². The van der Waals surface area contributed by atoms with Gasteiger partial charge < -0.3 is 10.2 Å². The zero-order valence-corrected chi connectivity index (χ0v) is 12.8. The van der Waals surface area contributed by atoms with Crippen LogP contribution in [0.15, 0.2) is 18.2 Å². The number of benzene rings is 1. The van der Waals surface area contributed by atoms with Crippen LogP contribution in [0.4, 0.5) is 10.1 Å². The zero-order chi connectivity index (χ0) is 14.4. The molecule has 0 aromatic heterocycles. The maximum Gasteiger partial charge on any atom is 0.123 e. The molecule has 1 aromatic rings. The van der Waals surface area contributed by atoms with Crippen molar-refractivity contribution in [1.29, 1.82) is 0 Å². The largest absolute Gasteiger partial charge is 0.371 e. The first kappa shape index (κ1) is 16.0. The van der Waals surface area contributed by atoms with Gasteiger partial charge in [0.05, 0.1) is 0 Å². The molecule has 0 aliphatic rings. The third-order valence-corrected chi connectivity index (χ3v) is 3.84. The van der Waals surface area contributed by atoms with Crippen molar-refractivity contribution in [2.45, 2.75) is 40.2 Å². The fraction of sp³-hybridized carbons (Fsp3) is 0.625. The van der Waals surface area contributed by atoms with Gasteiger partial charge in [0.15, 0.2) is 0 Å². The quantitative estimate of drug-likeness (QED) is 0.803. The number of nitrogens with one attached hydrogen (secondary N) is 1. The van der Waals surface area contributed by atoms with Crippen molar-refractivity contribution < 1.29 is 4.39 Å². The van der Waals surface area contributed by atoms with E-state index in [0.717, 1.165) is 30.8 Å². The summed E-state index contributed by atoms with van der Waals surface area (Å²) in [6.07, 6.45) is 1.16. The normalized spacial score (nSPS) is 14.2. The van der Waals surface area contributed by atoms with Crippen molar-refractivity contribution in [1.82, 2.24) is 5.32 Å². The van der Waals surface area contributed by atoms with Gasteiger partial charge >= 0.3 is 0 Å². The molecule has 0 aliphatic carbocycles. The van der Waals surface area contributed by atoms with E-state index in [4.69, 9.17) is 0 Å². The molecule has 0 fully saturated rings. The summed E-state index contributed by atoms with van der Waals surface area (Å²) in [6, 6.07) is 5.26. The molecule has 1 rings (SSSR count). The van der Waals surface area contributed by atoms with Gasteiger partial charge in [-0.25, -0.2) is 4.39 Å². The van der Waals surface area contributed by atoms with Gasteiger partial charge in [-0.05, 0) is 50.6 Å². The third-order valence-electron chi connectivity index (χ3n) is 3.84. The maximum absolute atomic E-state index is 13.5. The van der Waals surface area contributed by atoms with Crippen LogP contribution in [-0.2, 0) is 0 Å². The molecule has 0 aliphatic heterocycles. The lowest BCUT2D eigenvalue weighted by Crippen LogP contribution is -2.30. The summed E-state index contributed by atoms with van der Waals surface area (Å²) in [5, 5.41) is 3.20. The van der Waals surface area contributed by atoms with Gasteiger partial charge in [-0.15, -0.1) is 0 Å². The van der Waals surface area contributed by atoms with Crippen LogP contribution in [-0.4, -0.2) is 20.1 Å². The highest BCUT2D eigenvalue weighted by Crippen LogP contribution is 2.28. The SMILES string of the molecule is CCC(C)CN(CC)c1ccc(F)cc1C(C)NC. The van der Waals surface area contributed by atoms with Gasteiger partial charge in [0.2, 0.25) is 0 Å². The first-order valence-electron chi connectivity index (χ1n) is 7.25. The summed E-state index contributed by atoms with van der Waals surface area (Å²) >= 11 is 0. The minimum Gasteiger partial charge on any atom is -0.371 e. The van der Waals surface area contributed by atoms with Crippen LogP contribution in [0.25, 0.3) is 0 Å². The standard InChI is InChI=1S/C16H27FN2/c1-6-12(3)11-19(7-2)16-9-8-14(17)10-15(16)13(4)18-5/h8-10,12-13,18H,6-7,11H2,1-5H3. The first-order valence-corrected chi connectivity index (χ1v) is 7.25. The minimum absolute atomic E-state index is 0.150. The van der Waals surface area contributed by atoms with Gasteiger partial charge in [0.25, 0.3) is 0 Å². The predicted octanol–water partition coefficient (Wildman–Crippen LogP) is 3.98. The van der Waals surface area contributed by atoms with E-state index in [1.165, 1.54) is 0 Å². The van der Waals surface area contributed by atoms with Crippen LogP contribution in [0, 0.1) is 11.7 Å². The second kappa shape index (κ2) is 7.49. The Balaban J connectivity index is 3.08. The molecule has 0 saturated heterocycles. The molecule has 2 nitrogen and oxygen atoms in total. The van der Waals surface area contributed by atoms with Crippen LogP contribution < -0.4 is 10.2 Å². The molecule has 1 N–H and O–H groups in total. The lowest BCUT2D eigenvalue weighted by atomic mass is 10.0. The van der Waals surface area contributed by atoms with E-state index in [2.05, 4.69) is 37.9 Å². The van der Waals surface area contributed by atoms with Crippen LogP contribution in [0.2, 0.25) is 0 Å². The van der Waals surface area contributed by atoms with Gasteiger partial charge in [0, 0.05) is 24.8 Å². The average Bonchev–Trinajstić information content (AvgIpc) is 2.43. The smallest absolute Gasteiger partial charge is 0.123 e. The van der Waals surface area contributed by atoms with E-state index in [1.807, 2.05) is 13.1 Å². The highest BCUT2D eigenvalue weighted by atomic mass is 19.1. The number of halogens is 1. The Hall–Kier alpha value is -1.09. The van der Waals surface area contributed by atoms with Crippen molar-refractivity contribution in [3.63, 3.8) is 0 Å². The van der Waals surface area contributed by atoms with Crippen LogP contribution in [0.5, 0.6) is 0 Å². The lowest BCUT2D eigenvalue weighted by molar-refractivity contribution is 0.543. The number of anilines is 1. The van der Waals surface area contributed by atoms with Crippen molar-refractivity contribution in [3.05, 3.63) is 29.6 Å². The van der Waals surface area contributed by atoms with Gasteiger partial charge in [-0.1, -0.05) is 20.3 Å². The summed E-state index contributed by atoms with van der Waals surface area (Å²) in [5.74, 6) is 0.475. The molecule has 0 bridgehead atoms. The van der Waals surface area contributed by atoms with Crippen LogP contribution >= 0.6 is 0 Å². The first-order chi connectivity index (χ1) is 9.03. The molecule has 2 unspecified atom stereocenters. The summed E-state index contributed by atoms with van der Waals surface area (Å²) in [5.41, 5.74) is 2.18. The van der Waals surface area contributed by atoms with E-state index < -0.39 is 0 Å². The van der Waals surface area contributed by atoms with Crippen LogP contribution in [0.1, 0.15) is 45.7 Å². The van der Waals surface area contributed by atoms with Gasteiger partial charge in [-0.3, -0.25) is 0 Å². The van der Waals surface area contributed by atoms with Crippen molar-refractivity contribution in [2.24, 2.45) is 5.92 Å². The zero-order valence-electron chi connectivity index (χ0n) is 12.8. The number of hydrogen-bond donors (Lipinski definition) is 1. The number of rotatable bonds is 7. The molecular weight excluding hydrogens is 239 g/mol. The molecule has 2 atom stereocenters. The molecule has 0 amide bonds. The Kier molecular flexibility index (Phi) is 6.29. The minimum atomic E-state index is -0.166. The summed E-state index contributed by atoms with van der Waals surface area (Å²) < 4.78 is 13.5. The Bertz CT molecular complexity index is 392. The van der Waals surface area contributed by atoms with Crippen LogP contribution in [0.3, 0.4) is 0 Å². The van der Waals surface area contributed by atoms with E-state index in [0.29, 0.717) is 5.92 Å². The average molecular weight is 266 g/mol. The molecule has 0 spiro atoms. The number of nitrogens with zero attached hydrogens (tertiary/aromatic N) is 1. The Morgan fingerprint density at radius 1 is 1.26 bits per heavy atom. The molecule has 0 radical (unpaired) electrons. The molecule has 19 heavy (non-hydrogen) atoms. The Labute approximate surface area is 117 Å². The Morgan fingerprint density at radius 3 is 2.47 bits per heavy atom. The second-order valence-corrected chi connectivity index (χ2v) is 5.27. The predicted molar refractivity (Wildman–Crippen MR) is 81.2 cm³/mol. The summed E-state index contributed by atoms with van der Waals surface area (Å²) in [7, 11) is 1.91. The molecule has 108 valence electrons. The topological polar surface area (TPSA) is 15.3 Å². The van der Waals surface area contributed by atoms with Crippen molar-refractivity contribution >= 4 is 5.69 Å². The maximum atomic E-state index is 13.5. The summed E-state index contributed by atoms with van der Waals surface area (Å²) in [6.45, 7) is 10.6. The molecule has 0 saturated carbocycles. The fourth-order valence-electron chi connectivity index (χ4n) is 2.22. The fourth-order valence-corrected chi connectivity index (χ4v) is 2.22. The van der Waals surface area contributed by atoms with Gasteiger partial charge in [0.1, 0.15) is 5.82 Å². The third kappa shape index (κ3) is 4.20. The van der Waals surface area contributed by atoms with E-state index in [1.54, 1.807) is 12.1 Å². The highest BCUT2D eigenvalue weighted by molar-refractivity contribution is 5.55. The number of hydrogen-bond acceptors (Lipinski definition) is 2. The van der Waals surface area contributed by atoms with Gasteiger partial charge in [-0.2, -0.15) is 0 Å². The van der Waals surface area contributed by atoms with E-state index in [-0.39, 0.29) is 11.9 Å². The monoisotopic (exact) mass is 266 g/mol. The molecular formula is C16H27FN2. The second-order valence-electron chi connectivity index (χ2n) is 5.27. The molecule has 0 heterocycles. The van der Waals surface area contributed by atoms with E-state index in [9.17, 15) is 4.39 Å². The van der Waals surface area contributed by atoms with E-state index >= 15 is 0 Å². The lowest BCUT2D eigenvalue weighted by Gasteiger charge is -2.30. The summed E-state index contributed by atoms with van der Waals surface area (Å²) in [4.78, 5) is 2.34. The Morgan fingerprint density at radius 2 is 1.95 bits per heavy atom.